The molecule has 25 heavy (non-hydrogen) atoms. The molecule has 0 aromatic heterocycles. The average molecular weight is 343 g/mol. The van der Waals surface area contributed by atoms with Crippen LogP contribution in [0.1, 0.15) is 20.8 Å². The van der Waals surface area contributed by atoms with Crippen LogP contribution in [0.15, 0.2) is 77.0 Å². The molecular weight excluding hydrogens is 316 g/mol. The largest absolute Gasteiger partial charge is 0.110 e. The summed E-state index contributed by atoms with van der Waals surface area (Å²) in [5.74, 6) is 0.555. The van der Waals surface area contributed by atoms with Crippen molar-refractivity contribution in [1.29, 1.82) is 0 Å². The summed E-state index contributed by atoms with van der Waals surface area (Å²) in [4.78, 5) is 0. The third-order valence-corrected chi connectivity index (χ3v) is 9.99. The minimum absolute atomic E-state index is 0.555. The van der Waals surface area contributed by atoms with E-state index in [1.165, 1.54) is 32.7 Å². The average Bonchev–Trinajstić information content (AvgIpc) is 2.85. The van der Waals surface area contributed by atoms with Crippen molar-refractivity contribution >= 4 is 34.8 Å². The molecule has 0 saturated heterocycles. The van der Waals surface area contributed by atoms with E-state index in [1.54, 1.807) is 10.4 Å². The topological polar surface area (TPSA) is 0 Å². The van der Waals surface area contributed by atoms with Crippen LogP contribution in [0.25, 0.3) is 21.5 Å². The third-order valence-electron chi connectivity index (χ3n) is 6.02. The van der Waals surface area contributed by atoms with Gasteiger partial charge >= 0.3 is 0 Å². The summed E-state index contributed by atoms with van der Waals surface area (Å²) in [6.45, 7) is 12.1. The summed E-state index contributed by atoms with van der Waals surface area (Å²) in [7, 11) is -1.82. The van der Waals surface area contributed by atoms with Crippen LogP contribution in [-0.4, -0.2) is 8.07 Å². The van der Waals surface area contributed by atoms with Crippen molar-refractivity contribution < 1.29 is 0 Å². The van der Waals surface area contributed by atoms with Crippen LogP contribution in [-0.2, 0) is 0 Å². The summed E-state index contributed by atoms with van der Waals surface area (Å²) in [5, 5.41) is 8.91. The van der Waals surface area contributed by atoms with Gasteiger partial charge in [-0.05, 0) is 52.6 Å². The molecule has 0 amide bonds. The predicted octanol–water partition coefficient (Wildman–Crippen LogP) is 6.36. The predicted molar refractivity (Wildman–Crippen MR) is 114 cm³/mol. The van der Waals surface area contributed by atoms with Crippen molar-refractivity contribution in [1.82, 2.24) is 0 Å². The number of allylic oxidation sites excluding steroid dienone is 4. The van der Waals surface area contributed by atoms with E-state index in [0.29, 0.717) is 5.92 Å². The molecule has 0 radical (unpaired) electrons. The fourth-order valence-corrected chi connectivity index (χ4v) is 9.42. The van der Waals surface area contributed by atoms with Gasteiger partial charge in [-0.25, -0.2) is 0 Å². The van der Waals surface area contributed by atoms with E-state index in [2.05, 4.69) is 94.5 Å². The second-order valence-electron chi connectivity index (χ2n) is 8.00. The monoisotopic (exact) mass is 342 g/mol. The highest BCUT2D eigenvalue weighted by Crippen LogP contribution is 2.38. The highest BCUT2D eigenvalue weighted by Gasteiger charge is 2.37. The van der Waals surface area contributed by atoms with Crippen LogP contribution in [0.3, 0.4) is 0 Å². The second kappa shape index (κ2) is 5.71. The van der Waals surface area contributed by atoms with E-state index in [-0.39, 0.29) is 0 Å². The van der Waals surface area contributed by atoms with Gasteiger partial charge in [0.25, 0.3) is 0 Å². The third kappa shape index (κ3) is 2.41. The second-order valence-corrected chi connectivity index (χ2v) is 12.3. The van der Waals surface area contributed by atoms with Crippen LogP contribution in [0, 0.1) is 5.92 Å². The van der Waals surface area contributed by atoms with Crippen molar-refractivity contribution in [2.24, 2.45) is 5.92 Å². The van der Waals surface area contributed by atoms with E-state index >= 15 is 0 Å². The molecule has 0 aliphatic heterocycles. The van der Waals surface area contributed by atoms with Gasteiger partial charge in [0.2, 0.25) is 0 Å². The van der Waals surface area contributed by atoms with Crippen molar-refractivity contribution in [3.05, 3.63) is 77.0 Å². The van der Waals surface area contributed by atoms with Gasteiger partial charge in [0.15, 0.2) is 0 Å². The smallest absolute Gasteiger partial charge is 0.0748 e. The molecule has 1 heteroatoms. The minimum atomic E-state index is -1.82. The molecular formula is C24H26Si. The van der Waals surface area contributed by atoms with E-state index in [0.717, 1.165) is 0 Å². The maximum absolute atomic E-state index is 2.54. The Hall–Kier alpha value is -2.12. The van der Waals surface area contributed by atoms with Crippen LogP contribution >= 0.6 is 0 Å². The summed E-state index contributed by atoms with van der Waals surface area (Å²) >= 11 is 0. The molecule has 0 bridgehead atoms. The molecule has 3 aromatic rings. The van der Waals surface area contributed by atoms with Crippen molar-refractivity contribution in [3.63, 3.8) is 0 Å². The Labute approximate surface area is 151 Å². The molecule has 0 N–H and O–H groups in total. The molecule has 0 heterocycles. The molecule has 1 atom stereocenters. The lowest BCUT2D eigenvalue weighted by atomic mass is 10.0. The molecule has 0 fully saturated rings. The summed E-state index contributed by atoms with van der Waals surface area (Å²) in [5.41, 5.74) is 2.99. The molecule has 3 aromatic carbocycles. The highest BCUT2D eigenvalue weighted by molar-refractivity contribution is 6.99. The lowest BCUT2D eigenvalue weighted by Crippen LogP contribution is -2.46. The molecule has 0 nitrogen and oxygen atoms in total. The fraction of sp³-hybridized carbons (Fsp3) is 0.250. The van der Waals surface area contributed by atoms with Crippen molar-refractivity contribution in [3.8, 4) is 0 Å². The standard InChI is InChI=1S/C24H26Si/c1-16-14-17(2)23(18(16)3)25(4,5)24-21-12-8-6-10-19(21)15-20-11-7-9-13-22(20)24/h6-15,17H,1-5H3. The fourth-order valence-electron chi connectivity index (χ4n) is 5.00. The van der Waals surface area contributed by atoms with Gasteiger partial charge in [0, 0.05) is 0 Å². The maximum Gasteiger partial charge on any atom is 0.110 e. The van der Waals surface area contributed by atoms with Crippen molar-refractivity contribution in [2.45, 2.75) is 33.9 Å². The Bertz CT molecular complexity index is 996. The van der Waals surface area contributed by atoms with Gasteiger partial charge in [-0.2, -0.15) is 0 Å². The number of benzene rings is 3. The maximum atomic E-state index is 2.54. The first kappa shape index (κ1) is 16.4. The van der Waals surface area contributed by atoms with E-state index in [1.807, 2.05) is 0 Å². The molecule has 4 rings (SSSR count). The van der Waals surface area contributed by atoms with Crippen molar-refractivity contribution in [2.75, 3.05) is 0 Å². The van der Waals surface area contributed by atoms with Gasteiger partial charge in [-0.3, -0.25) is 0 Å². The number of hydrogen-bond acceptors (Lipinski definition) is 0. The number of hydrogen-bond donors (Lipinski definition) is 0. The lowest BCUT2D eigenvalue weighted by molar-refractivity contribution is 0.919. The Morgan fingerprint density at radius 3 is 1.80 bits per heavy atom. The number of fused-ring (bicyclic) bond motifs is 2. The Balaban J connectivity index is 2.11. The van der Waals surface area contributed by atoms with Crippen LogP contribution in [0.2, 0.25) is 13.1 Å². The zero-order valence-corrected chi connectivity index (χ0v) is 16.9. The van der Waals surface area contributed by atoms with Gasteiger partial charge < -0.3 is 0 Å². The van der Waals surface area contributed by atoms with Gasteiger partial charge in [0.05, 0.1) is 0 Å². The lowest BCUT2D eigenvalue weighted by Gasteiger charge is -2.32. The zero-order chi connectivity index (χ0) is 17.8. The zero-order valence-electron chi connectivity index (χ0n) is 15.9. The Morgan fingerprint density at radius 1 is 0.800 bits per heavy atom. The van der Waals surface area contributed by atoms with Gasteiger partial charge in [-0.1, -0.05) is 91.0 Å². The molecule has 1 unspecified atom stereocenters. The summed E-state index contributed by atoms with van der Waals surface area (Å²) in [6, 6.07) is 20.2. The minimum Gasteiger partial charge on any atom is -0.0748 e. The van der Waals surface area contributed by atoms with Gasteiger partial charge in [0.1, 0.15) is 8.07 Å². The summed E-state index contributed by atoms with van der Waals surface area (Å²) in [6.07, 6.45) is 2.45. The van der Waals surface area contributed by atoms with Crippen LogP contribution < -0.4 is 5.19 Å². The number of rotatable bonds is 2. The first-order chi connectivity index (χ1) is 11.9. The molecule has 0 saturated carbocycles. The van der Waals surface area contributed by atoms with Gasteiger partial charge in [-0.15, -0.1) is 0 Å². The first-order valence-electron chi connectivity index (χ1n) is 9.22. The van der Waals surface area contributed by atoms with Crippen LogP contribution in [0.5, 0.6) is 0 Å². The van der Waals surface area contributed by atoms with E-state index in [9.17, 15) is 0 Å². The molecule has 1 aliphatic rings. The molecule has 126 valence electrons. The molecule has 1 aliphatic carbocycles. The quantitative estimate of drug-likeness (QED) is 0.375. The Morgan fingerprint density at radius 2 is 1.32 bits per heavy atom. The van der Waals surface area contributed by atoms with E-state index < -0.39 is 8.07 Å². The van der Waals surface area contributed by atoms with Crippen LogP contribution in [0.4, 0.5) is 0 Å². The molecule has 0 spiro atoms. The normalized spacial score (nSPS) is 18.3. The van der Waals surface area contributed by atoms with E-state index in [4.69, 9.17) is 0 Å². The SMILES string of the molecule is CC1=CC(C)C([Si](C)(C)c2c3ccccc3cc3ccccc23)=C1C. The highest BCUT2D eigenvalue weighted by atomic mass is 28.3. The first-order valence-corrected chi connectivity index (χ1v) is 12.2. The Kier molecular flexibility index (Phi) is 3.73. The summed E-state index contributed by atoms with van der Waals surface area (Å²) < 4.78 is 0.